The average Bonchev–Trinajstić information content (AvgIpc) is 2.71. The Balaban J connectivity index is 0.00000145. The molecule has 4 nitrogen and oxygen atoms in total. The first-order valence-corrected chi connectivity index (χ1v) is 10.2. The highest BCUT2D eigenvalue weighted by Crippen LogP contribution is 2.28. The van der Waals surface area contributed by atoms with Gasteiger partial charge in [-0.1, -0.05) is 49.7 Å². The summed E-state index contributed by atoms with van der Waals surface area (Å²) in [4.78, 5) is 3.29. The maximum Gasteiger partial charge on any atom is 0.214 e. The van der Waals surface area contributed by atoms with Crippen LogP contribution < -0.4 is 10.0 Å². The van der Waals surface area contributed by atoms with Gasteiger partial charge in [-0.2, -0.15) is 4.39 Å². The smallest absolute Gasteiger partial charge is 0.214 e. The Morgan fingerprint density at radius 1 is 1.00 bits per heavy atom. The first-order chi connectivity index (χ1) is 13.9. The molecule has 0 aliphatic carbocycles. The highest BCUT2D eigenvalue weighted by molar-refractivity contribution is 7.86. The van der Waals surface area contributed by atoms with Crippen molar-refractivity contribution in [2.75, 3.05) is 10.0 Å². The normalized spacial score (nSPS) is 11.2. The lowest BCUT2D eigenvalue weighted by Gasteiger charge is -2.12. The second kappa shape index (κ2) is 10.8. The molecule has 0 aliphatic heterocycles. The van der Waals surface area contributed by atoms with E-state index in [1.807, 2.05) is 13.8 Å². The van der Waals surface area contributed by atoms with Crippen molar-refractivity contribution in [1.82, 2.24) is 4.98 Å². The van der Waals surface area contributed by atoms with Crippen molar-refractivity contribution in [3.8, 4) is 0 Å². The minimum Gasteiger partial charge on any atom is -0.380 e. The predicted octanol–water partition coefficient (Wildman–Crippen LogP) is 5.93. The van der Waals surface area contributed by atoms with Gasteiger partial charge in [-0.15, -0.1) is 0 Å². The highest BCUT2D eigenvalue weighted by atomic mass is 35.5. The maximum absolute atomic E-state index is 14.4. The summed E-state index contributed by atoms with van der Waals surface area (Å²) in [6.45, 7) is 4.10. The van der Waals surface area contributed by atoms with E-state index in [2.05, 4.69) is 15.0 Å². The van der Waals surface area contributed by atoms with Gasteiger partial charge in [-0.25, -0.2) is 18.0 Å². The van der Waals surface area contributed by atoms with Crippen molar-refractivity contribution in [3.05, 3.63) is 82.8 Å². The van der Waals surface area contributed by atoms with E-state index >= 15 is 0 Å². The van der Waals surface area contributed by atoms with Crippen LogP contribution in [0.5, 0.6) is 0 Å². The summed E-state index contributed by atoms with van der Waals surface area (Å²) in [7, 11) is -2.04. The van der Waals surface area contributed by atoms with Gasteiger partial charge in [0.1, 0.15) is 17.5 Å². The second-order valence-corrected chi connectivity index (χ2v) is 7.01. The minimum absolute atomic E-state index is 0.00869. The fourth-order valence-electron chi connectivity index (χ4n) is 2.25. The molecule has 0 radical (unpaired) electrons. The number of nitrogens with zero attached hydrogens (tertiary/aromatic N) is 1. The van der Waals surface area contributed by atoms with E-state index < -0.39 is 28.6 Å². The number of halogens is 4. The third kappa shape index (κ3) is 6.20. The molecule has 0 bridgehead atoms. The summed E-state index contributed by atoms with van der Waals surface area (Å²) >= 11 is 6.12. The molecule has 154 valence electrons. The van der Waals surface area contributed by atoms with Gasteiger partial charge in [0.2, 0.25) is 5.95 Å². The zero-order valence-electron chi connectivity index (χ0n) is 15.7. The second-order valence-electron chi connectivity index (χ2n) is 5.42. The van der Waals surface area contributed by atoms with Crippen LogP contribution in [0.15, 0.2) is 59.5 Å². The Kier molecular flexibility index (Phi) is 8.48. The number of hydrogen-bond acceptors (Lipinski definition) is 3. The van der Waals surface area contributed by atoms with Crippen LogP contribution in [-0.2, 0) is 17.5 Å². The van der Waals surface area contributed by atoms with Gasteiger partial charge in [-0.05, 0) is 30.3 Å². The molecule has 29 heavy (non-hydrogen) atoms. The lowest BCUT2D eigenvalue weighted by Crippen LogP contribution is -2.09. The summed E-state index contributed by atoms with van der Waals surface area (Å²) < 4.78 is 55.8. The van der Waals surface area contributed by atoms with Crippen LogP contribution in [-0.4, -0.2) is 9.19 Å². The molecule has 1 unspecified atom stereocenters. The largest absolute Gasteiger partial charge is 0.380 e. The van der Waals surface area contributed by atoms with Gasteiger partial charge < -0.3 is 5.32 Å². The van der Waals surface area contributed by atoms with Crippen LogP contribution in [0.4, 0.5) is 24.7 Å². The molecular weight excluding hydrogens is 423 g/mol. The topological polar surface area (TPSA) is 54.0 Å². The maximum atomic E-state index is 14.4. The van der Waals surface area contributed by atoms with Crippen LogP contribution in [0, 0.1) is 17.6 Å². The molecule has 1 atom stereocenters. The van der Waals surface area contributed by atoms with E-state index in [4.69, 9.17) is 11.6 Å². The van der Waals surface area contributed by atoms with Gasteiger partial charge in [0.25, 0.3) is 0 Å². The Morgan fingerprint density at radius 3 is 2.41 bits per heavy atom. The van der Waals surface area contributed by atoms with Crippen molar-refractivity contribution in [1.29, 1.82) is 0 Å². The van der Waals surface area contributed by atoms with Crippen molar-refractivity contribution in [2.24, 2.45) is 0 Å². The van der Waals surface area contributed by atoms with Gasteiger partial charge in [0.05, 0.1) is 15.6 Å². The molecule has 0 aliphatic rings. The van der Waals surface area contributed by atoms with E-state index in [0.717, 1.165) is 12.1 Å². The summed E-state index contributed by atoms with van der Waals surface area (Å²) in [5.74, 6) is -1.96. The molecule has 2 aromatic carbocycles. The quantitative estimate of drug-likeness (QED) is 0.466. The first kappa shape index (κ1) is 22.7. The standard InChI is InChI=1S/C18H13ClF3N3OS.C2H6/c19-12-8-16(27(26)25-18-7-3-6-17(22)24-18)14(21)9-15(12)23-10-11-4-1-2-5-13(11)20;1-2/h1-9,23H,10H2,(H,24,25);1-2H3. The number of benzene rings is 2. The Morgan fingerprint density at radius 2 is 1.72 bits per heavy atom. The summed E-state index contributed by atoms with van der Waals surface area (Å²) in [5, 5.41) is 2.94. The molecule has 3 aromatic rings. The van der Waals surface area contributed by atoms with Crippen molar-refractivity contribution in [3.63, 3.8) is 0 Å². The third-order valence-corrected chi connectivity index (χ3v) is 4.98. The average molecular weight is 442 g/mol. The number of nitrogens with one attached hydrogen (secondary N) is 2. The summed E-state index contributed by atoms with van der Waals surface area (Å²) in [5.41, 5.74) is 0.613. The van der Waals surface area contributed by atoms with Gasteiger partial charge in [0.15, 0.2) is 11.0 Å². The van der Waals surface area contributed by atoms with Gasteiger partial charge in [0, 0.05) is 12.1 Å². The van der Waals surface area contributed by atoms with Crippen LogP contribution in [0.2, 0.25) is 5.02 Å². The molecule has 0 amide bonds. The fourth-order valence-corrected chi connectivity index (χ4v) is 3.42. The molecule has 0 saturated carbocycles. The number of aromatic nitrogens is 1. The van der Waals surface area contributed by atoms with E-state index in [1.165, 1.54) is 24.3 Å². The minimum atomic E-state index is -2.04. The van der Waals surface area contributed by atoms with Gasteiger partial charge >= 0.3 is 0 Å². The van der Waals surface area contributed by atoms with Gasteiger partial charge in [-0.3, -0.25) is 4.72 Å². The van der Waals surface area contributed by atoms with Crippen molar-refractivity contribution >= 4 is 34.1 Å². The molecule has 3 rings (SSSR count). The molecule has 0 spiro atoms. The zero-order valence-corrected chi connectivity index (χ0v) is 17.3. The third-order valence-electron chi connectivity index (χ3n) is 3.56. The lowest BCUT2D eigenvalue weighted by atomic mass is 10.2. The number of pyridine rings is 1. The Hall–Kier alpha value is -2.58. The van der Waals surface area contributed by atoms with Crippen LogP contribution in [0.1, 0.15) is 19.4 Å². The van der Waals surface area contributed by atoms with Crippen molar-refractivity contribution in [2.45, 2.75) is 25.3 Å². The Labute approximate surface area is 174 Å². The number of anilines is 2. The van der Waals surface area contributed by atoms with Crippen LogP contribution in [0.3, 0.4) is 0 Å². The molecule has 1 aromatic heterocycles. The highest BCUT2D eigenvalue weighted by Gasteiger charge is 2.15. The molecule has 1 heterocycles. The molecule has 0 fully saturated rings. The Bertz CT molecular complexity index is 1000. The monoisotopic (exact) mass is 441 g/mol. The molecule has 0 saturated heterocycles. The fraction of sp³-hybridized carbons (Fsp3) is 0.150. The van der Waals surface area contributed by atoms with E-state index in [9.17, 15) is 17.4 Å². The van der Waals surface area contributed by atoms with Crippen LogP contribution >= 0.6 is 11.6 Å². The number of hydrogen-bond donors (Lipinski definition) is 2. The number of rotatable bonds is 6. The SMILES string of the molecule is CC.O=S(Nc1cccc(F)n1)c1cc(Cl)c(NCc2ccccc2F)cc1F. The van der Waals surface area contributed by atoms with E-state index in [0.29, 0.717) is 5.56 Å². The molecule has 9 heteroatoms. The predicted molar refractivity (Wildman–Crippen MR) is 111 cm³/mol. The zero-order chi connectivity index (χ0) is 21.4. The van der Waals surface area contributed by atoms with Crippen LogP contribution in [0.25, 0.3) is 0 Å². The molecule has 2 N–H and O–H groups in total. The van der Waals surface area contributed by atoms with E-state index in [-0.39, 0.29) is 28.0 Å². The summed E-state index contributed by atoms with van der Waals surface area (Å²) in [6, 6.07) is 12.3. The van der Waals surface area contributed by atoms with E-state index in [1.54, 1.807) is 18.2 Å². The molecular formula is C20H19ClF3N3OS. The lowest BCUT2D eigenvalue weighted by molar-refractivity contribution is 0.585. The first-order valence-electron chi connectivity index (χ1n) is 8.71. The van der Waals surface area contributed by atoms with Crippen molar-refractivity contribution < 1.29 is 17.4 Å². The summed E-state index contributed by atoms with van der Waals surface area (Å²) in [6.07, 6.45) is 0.